The molecule has 3 heterocycles. The fraction of sp³-hybridized carbons (Fsp3) is 0.667. The lowest BCUT2D eigenvalue weighted by atomic mass is 10.1. The highest BCUT2D eigenvalue weighted by Gasteiger charge is 2.44. The van der Waals surface area contributed by atoms with Crippen molar-refractivity contribution in [3.63, 3.8) is 0 Å². The Morgan fingerprint density at radius 1 is 1.17 bits per heavy atom. The van der Waals surface area contributed by atoms with Gasteiger partial charge in [-0.1, -0.05) is 12.8 Å². The third kappa shape index (κ3) is 2.53. The molecule has 9 heteroatoms. The Labute approximate surface area is 138 Å². The molecule has 1 saturated carbocycles. The molecule has 0 amide bonds. The zero-order valence-electron chi connectivity index (χ0n) is 13.1. The SMILES string of the molecule is OC[C@H]1O[C@@H](n2cnc3c(NC4CCCC4)ncnc32)C(O)C1O. The molecule has 9 nitrogen and oxygen atoms in total. The lowest BCUT2D eigenvalue weighted by Gasteiger charge is -2.17. The number of ether oxygens (including phenoxy) is 1. The first kappa shape index (κ1) is 15.7. The van der Waals surface area contributed by atoms with Crippen molar-refractivity contribution in [2.75, 3.05) is 11.9 Å². The van der Waals surface area contributed by atoms with Crippen LogP contribution in [0.3, 0.4) is 0 Å². The minimum Gasteiger partial charge on any atom is -0.394 e. The molecule has 1 aliphatic carbocycles. The normalized spacial score (nSPS) is 31.1. The smallest absolute Gasteiger partial charge is 0.167 e. The van der Waals surface area contributed by atoms with E-state index in [-0.39, 0.29) is 6.61 Å². The van der Waals surface area contributed by atoms with E-state index in [9.17, 15) is 15.3 Å². The molecule has 2 unspecified atom stereocenters. The number of nitrogens with one attached hydrogen (secondary N) is 1. The van der Waals surface area contributed by atoms with Gasteiger partial charge in [0.25, 0.3) is 0 Å². The number of hydrogen-bond donors (Lipinski definition) is 4. The number of rotatable bonds is 4. The molecule has 24 heavy (non-hydrogen) atoms. The van der Waals surface area contributed by atoms with Crippen LogP contribution in [0.5, 0.6) is 0 Å². The van der Waals surface area contributed by atoms with E-state index < -0.39 is 24.5 Å². The summed E-state index contributed by atoms with van der Waals surface area (Å²) in [6.45, 7) is -0.370. The maximum Gasteiger partial charge on any atom is 0.167 e. The van der Waals surface area contributed by atoms with Crippen LogP contribution in [0.2, 0.25) is 0 Å². The van der Waals surface area contributed by atoms with Gasteiger partial charge in [0, 0.05) is 6.04 Å². The third-order valence-electron chi connectivity index (χ3n) is 4.85. The molecule has 4 atom stereocenters. The van der Waals surface area contributed by atoms with Gasteiger partial charge in [0.2, 0.25) is 0 Å². The van der Waals surface area contributed by atoms with Crippen molar-refractivity contribution in [2.45, 2.75) is 56.3 Å². The maximum atomic E-state index is 10.2. The second-order valence-electron chi connectivity index (χ2n) is 6.40. The second kappa shape index (κ2) is 6.25. The molecule has 4 rings (SSSR count). The molecule has 130 valence electrons. The van der Waals surface area contributed by atoms with Crippen LogP contribution in [0.25, 0.3) is 11.2 Å². The number of anilines is 1. The zero-order chi connectivity index (χ0) is 16.7. The average Bonchev–Trinajstić information content (AvgIpc) is 3.30. The quantitative estimate of drug-likeness (QED) is 0.605. The van der Waals surface area contributed by atoms with Crippen LogP contribution in [0.1, 0.15) is 31.9 Å². The monoisotopic (exact) mass is 335 g/mol. The first-order valence-corrected chi connectivity index (χ1v) is 8.25. The highest BCUT2D eigenvalue weighted by Crippen LogP contribution is 2.32. The molecule has 4 N–H and O–H groups in total. The van der Waals surface area contributed by atoms with Gasteiger partial charge in [-0.05, 0) is 12.8 Å². The molecule has 0 aromatic carbocycles. The van der Waals surface area contributed by atoms with Crippen LogP contribution in [-0.2, 0) is 4.74 Å². The van der Waals surface area contributed by atoms with E-state index in [4.69, 9.17) is 4.74 Å². The van der Waals surface area contributed by atoms with Gasteiger partial charge in [-0.3, -0.25) is 4.57 Å². The first-order chi connectivity index (χ1) is 11.7. The van der Waals surface area contributed by atoms with Gasteiger partial charge in [0.05, 0.1) is 12.9 Å². The molecule has 1 aliphatic heterocycles. The average molecular weight is 335 g/mol. The van der Waals surface area contributed by atoms with Crippen molar-refractivity contribution in [2.24, 2.45) is 0 Å². The number of imidazole rings is 1. The molecule has 0 spiro atoms. The maximum absolute atomic E-state index is 10.2. The summed E-state index contributed by atoms with van der Waals surface area (Å²) in [4.78, 5) is 12.9. The van der Waals surface area contributed by atoms with Crippen LogP contribution in [-0.4, -0.2) is 65.8 Å². The number of aromatic nitrogens is 4. The first-order valence-electron chi connectivity index (χ1n) is 8.25. The van der Waals surface area contributed by atoms with Crippen molar-refractivity contribution in [1.29, 1.82) is 0 Å². The van der Waals surface area contributed by atoms with Crippen LogP contribution in [0, 0.1) is 0 Å². The topological polar surface area (TPSA) is 126 Å². The van der Waals surface area contributed by atoms with Crippen molar-refractivity contribution in [3.05, 3.63) is 12.7 Å². The number of fused-ring (bicyclic) bond motifs is 1. The largest absolute Gasteiger partial charge is 0.394 e. The van der Waals surface area contributed by atoms with E-state index in [1.54, 1.807) is 4.57 Å². The summed E-state index contributed by atoms with van der Waals surface area (Å²) in [5.74, 6) is 0.664. The van der Waals surface area contributed by atoms with Gasteiger partial charge < -0.3 is 25.4 Å². The van der Waals surface area contributed by atoms with Gasteiger partial charge in [-0.2, -0.15) is 0 Å². The number of nitrogens with zero attached hydrogens (tertiary/aromatic N) is 4. The van der Waals surface area contributed by atoms with E-state index in [1.165, 1.54) is 25.5 Å². The highest BCUT2D eigenvalue weighted by molar-refractivity contribution is 5.82. The Bertz CT molecular complexity index is 717. The summed E-state index contributed by atoms with van der Waals surface area (Å²) in [5.41, 5.74) is 1.11. The molecule has 1 saturated heterocycles. The Morgan fingerprint density at radius 2 is 1.96 bits per heavy atom. The second-order valence-corrected chi connectivity index (χ2v) is 6.40. The van der Waals surface area contributed by atoms with Gasteiger partial charge in [0.15, 0.2) is 23.2 Å². The molecule has 0 bridgehead atoms. The molecule has 2 fully saturated rings. The fourth-order valence-corrected chi connectivity index (χ4v) is 3.52. The van der Waals surface area contributed by atoms with Gasteiger partial charge in [-0.25, -0.2) is 15.0 Å². The highest BCUT2D eigenvalue weighted by atomic mass is 16.6. The Hall–Kier alpha value is -1.81. The number of aliphatic hydroxyl groups excluding tert-OH is 3. The summed E-state index contributed by atoms with van der Waals surface area (Å²) in [6.07, 6.45) is 3.60. The minimum absolute atomic E-state index is 0.370. The Balaban J connectivity index is 1.65. The summed E-state index contributed by atoms with van der Waals surface area (Å²) in [6, 6.07) is 0.391. The Morgan fingerprint density at radius 3 is 2.67 bits per heavy atom. The Kier molecular flexibility index (Phi) is 4.09. The number of hydrogen-bond acceptors (Lipinski definition) is 8. The van der Waals surface area contributed by atoms with E-state index in [0.29, 0.717) is 23.0 Å². The molecule has 2 aromatic heterocycles. The van der Waals surface area contributed by atoms with Gasteiger partial charge in [-0.15, -0.1) is 0 Å². The zero-order valence-corrected chi connectivity index (χ0v) is 13.1. The molecular formula is C15H21N5O4. The van der Waals surface area contributed by atoms with E-state index in [1.807, 2.05) is 0 Å². The summed E-state index contributed by atoms with van der Waals surface area (Å²) in [7, 11) is 0. The van der Waals surface area contributed by atoms with Crippen LogP contribution < -0.4 is 5.32 Å². The number of aliphatic hydroxyl groups is 3. The third-order valence-corrected chi connectivity index (χ3v) is 4.85. The predicted molar refractivity (Wildman–Crippen MR) is 84.2 cm³/mol. The van der Waals surface area contributed by atoms with E-state index in [0.717, 1.165) is 12.8 Å². The lowest BCUT2D eigenvalue weighted by Crippen LogP contribution is -2.33. The van der Waals surface area contributed by atoms with Crippen LogP contribution in [0.4, 0.5) is 5.82 Å². The van der Waals surface area contributed by atoms with E-state index >= 15 is 0 Å². The molecule has 0 radical (unpaired) electrons. The van der Waals surface area contributed by atoms with Crippen LogP contribution >= 0.6 is 0 Å². The standard InChI is InChI=1S/C15H21N5O4/c21-5-9-11(22)12(23)15(24-9)20-7-18-10-13(16-6-17-14(10)20)19-8-3-1-2-4-8/h6-9,11-12,15,21-23H,1-5H2,(H,16,17,19)/t9-,11?,12?,15-/m1/s1. The minimum atomic E-state index is -1.17. The van der Waals surface area contributed by atoms with Crippen molar-refractivity contribution >= 4 is 17.0 Å². The van der Waals surface area contributed by atoms with Crippen molar-refractivity contribution < 1.29 is 20.1 Å². The van der Waals surface area contributed by atoms with Crippen LogP contribution in [0.15, 0.2) is 12.7 Å². The van der Waals surface area contributed by atoms with E-state index in [2.05, 4.69) is 20.3 Å². The van der Waals surface area contributed by atoms with Crippen molar-refractivity contribution in [3.8, 4) is 0 Å². The van der Waals surface area contributed by atoms with Crippen molar-refractivity contribution in [1.82, 2.24) is 19.5 Å². The lowest BCUT2D eigenvalue weighted by molar-refractivity contribution is -0.0511. The van der Waals surface area contributed by atoms with Gasteiger partial charge >= 0.3 is 0 Å². The molecule has 2 aromatic rings. The summed E-state index contributed by atoms with van der Waals surface area (Å²) >= 11 is 0. The van der Waals surface area contributed by atoms with Gasteiger partial charge in [0.1, 0.15) is 24.6 Å². The summed E-state index contributed by atoms with van der Waals surface area (Å²) < 4.78 is 7.12. The summed E-state index contributed by atoms with van der Waals surface area (Å²) in [5, 5.41) is 32.8. The predicted octanol–water partition coefficient (Wildman–Crippen LogP) is -0.208. The fourth-order valence-electron chi connectivity index (χ4n) is 3.52. The molecular weight excluding hydrogens is 314 g/mol. The molecule has 2 aliphatic rings.